The second-order valence-electron chi connectivity index (χ2n) is 20.3. The van der Waals surface area contributed by atoms with Crippen molar-refractivity contribution in [1.82, 2.24) is 0 Å². The summed E-state index contributed by atoms with van der Waals surface area (Å²) in [7, 11) is 1.47. The summed E-state index contributed by atoms with van der Waals surface area (Å²) in [6, 6.07) is 0. The fourth-order valence-corrected chi connectivity index (χ4v) is 8.54. The Morgan fingerprint density at radius 3 is 1.21 bits per heavy atom. The van der Waals surface area contributed by atoms with E-state index in [1.807, 2.05) is 21.1 Å². The highest BCUT2D eigenvalue weighted by Gasteiger charge is 2.27. The minimum atomic E-state index is -4.39. The van der Waals surface area contributed by atoms with Crippen LogP contribution in [0.1, 0.15) is 245 Å². The minimum Gasteiger partial charge on any atom is -0.462 e. The molecule has 0 saturated carbocycles. The highest BCUT2D eigenvalue weighted by atomic mass is 31.2. The van der Waals surface area contributed by atoms with Gasteiger partial charge in [-0.3, -0.25) is 18.6 Å². The Morgan fingerprint density at radius 1 is 0.457 bits per heavy atom. The van der Waals surface area contributed by atoms with Crippen LogP contribution < -0.4 is 0 Å². The topological polar surface area (TPSA) is 108 Å². The molecule has 2 atom stereocenters. The maximum absolute atomic E-state index is 12.8. The van der Waals surface area contributed by atoms with Crippen LogP contribution in [-0.4, -0.2) is 74.9 Å². The molecule has 0 aromatic heterocycles. The quantitative estimate of drug-likeness (QED) is 0.0211. The Bertz CT molecular complexity index is 1410. The van der Waals surface area contributed by atoms with Gasteiger partial charge in [-0.05, 0) is 83.5 Å². The predicted molar refractivity (Wildman–Crippen MR) is 298 cm³/mol. The van der Waals surface area contributed by atoms with Crippen molar-refractivity contribution in [2.75, 3.05) is 47.5 Å². The minimum absolute atomic E-state index is 0.0283. The van der Waals surface area contributed by atoms with E-state index in [-0.39, 0.29) is 32.0 Å². The number of quaternary nitrogens is 1. The third-order valence-electron chi connectivity index (χ3n) is 12.2. The summed E-state index contributed by atoms with van der Waals surface area (Å²) in [5.74, 6) is -0.801. The average molecular weight is 1000 g/mol. The van der Waals surface area contributed by atoms with Crippen molar-refractivity contribution < 1.29 is 42.1 Å². The predicted octanol–water partition coefficient (Wildman–Crippen LogP) is 17.7. The van der Waals surface area contributed by atoms with Crippen molar-refractivity contribution in [2.24, 2.45) is 0 Å². The van der Waals surface area contributed by atoms with Crippen LogP contribution in [0.5, 0.6) is 0 Å². The molecule has 0 rings (SSSR count). The van der Waals surface area contributed by atoms with E-state index in [0.717, 1.165) is 70.6 Å². The first-order valence-electron chi connectivity index (χ1n) is 28.7. The van der Waals surface area contributed by atoms with Crippen molar-refractivity contribution in [3.63, 3.8) is 0 Å². The van der Waals surface area contributed by atoms with Gasteiger partial charge in [0.1, 0.15) is 19.8 Å². The summed E-state index contributed by atoms with van der Waals surface area (Å²) in [6.45, 7) is 4.32. The highest BCUT2D eigenvalue weighted by Crippen LogP contribution is 2.43. The van der Waals surface area contributed by atoms with Crippen LogP contribution in [0.4, 0.5) is 0 Å². The summed E-state index contributed by atoms with van der Waals surface area (Å²) in [4.78, 5) is 35.7. The van der Waals surface area contributed by atoms with Crippen molar-refractivity contribution >= 4 is 19.8 Å². The molecule has 70 heavy (non-hydrogen) atoms. The van der Waals surface area contributed by atoms with Crippen molar-refractivity contribution in [2.45, 2.75) is 251 Å². The number of nitrogens with zero attached hydrogens (tertiary/aromatic N) is 1. The number of carbonyl (C=O) groups excluding carboxylic acids is 2. The Hall–Kier alpha value is -2.55. The first-order valence-corrected chi connectivity index (χ1v) is 30.2. The lowest BCUT2D eigenvalue weighted by molar-refractivity contribution is -0.870. The van der Waals surface area contributed by atoms with E-state index in [1.54, 1.807) is 0 Å². The van der Waals surface area contributed by atoms with Crippen LogP contribution >= 0.6 is 7.82 Å². The Kier molecular flexibility index (Phi) is 49.5. The van der Waals surface area contributed by atoms with E-state index in [1.165, 1.54) is 141 Å². The molecule has 0 spiro atoms. The number of hydrogen-bond donors (Lipinski definition) is 1. The second kappa shape index (κ2) is 51.4. The molecule has 1 N–H and O–H groups in total. The number of ether oxygens (including phenoxy) is 2. The lowest BCUT2D eigenvalue weighted by Crippen LogP contribution is -2.37. The molecule has 9 nitrogen and oxygen atoms in total. The van der Waals surface area contributed by atoms with Gasteiger partial charge in [0, 0.05) is 12.8 Å². The Labute approximate surface area is 431 Å². The van der Waals surface area contributed by atoms with Gasteiger partial charge >= 0.3 is 19.8 Å². The van der Waals surface area contributed by atoms with E-state index in [4.69, 9.17) is 18.5 Å². The monoisotopic (exact) mass is 1000 g/mol. The van der Waals surface area contributed by atoms with Gasteiger partial charge in [-0.15, -0.1) is 0 Å². The van der Waals surface area contributed by atoms with Crippen LogP contribution in [0.15, 0.2) is 72.9 Å². The highest BCUT2D eigenvalue weighted by molar-refractivity contribution is 7.47. The van der Waals surface area contributed by atoms with Gasteiger partial charge in [0.05, 0.1) is 27.7 Å². The summed E-state index contributed by atoms with van der Waals surface area (Å²) >= 11 is 0. The third-order valence-corrected chi connectivity index (χ3v) is 13.2. The number of carbonyl (C=O) groups is 2. The Morgan fingerprint density at radius 2 is 0.814 bits per heavy atom. The van der Waals surface area contributed by atoms with Crippen LogP contribution in [0.3, 0.4) is 0 Å². The van der Waals surface area contributed by atoms with Gasteiger partial charge in [0.25, 0.3) is 0 Å². The summed E-state index contributed by atoms with van der Waals surface area (Å²) in [5.41, 5.74) is 0. The van der Waals surface area contributed by atoms with Crippen molar-refractivity contribution in [1.29, 1.82) is 0 Å². The molecular formula is C60H109NO8P+. The Balaban J connectivity index is 4.19. The van der Waals surface area contributed by atoms with Crippen molar-refractivity contribution in [3.8, 4) is 0 Å². The van der Waals surface area contributed by atoms with Crippen LogP contribution in [0.2, 0.25) is 0 Å². The van der Waals surface area contributed by atoms with Gasteiger partial charge in [-0.1, -0.05) is 222 Å². The standard InChI is InChI=1S/C60H108NO8P/c1-6-8-10-12-14-16-18-20-22-24-26-28-29-30-31-33-35-37-39-41-43-45-47-49-51-53-60(63)69-58(57-68-70(64,65)67-55-54-61(3,4)5)56-66-59(62)52-50-48-46-44-42-40-38-36-34-32-27-25-23-21-19-17-15-13-11-9-7-2/h8,10,14,16,19-22,25-28,58H,6-7,9,11-13,15,17-18,23-24,29-57H2,1-5H3/p+1/b10-8-,16-14-,21-19-,22-20-,27-25-,28-26-. The molecule has 0 radical (unpaired) electrons. The lowest BCUT2D eigenvalue weighted by Gasteiger charge is -2.24. The number of rotatable bonds is 52. The zero-order chi connectivity index (χ0) is 51.3. The zero-order valence-corrected chi connectivity index (χ0v) is 46.9. The molecule has 0 fully saturated rings. The van der Waals surface area contributed by atoms with E-state index < -0.39 is 26.5 Å². The molecule has 0 aromatic carbocycles. The van der Waals surface area contributed by atoms with Crippen LogP contribution in [0.25, 0.3) is 0 Å². The zero-order valence-electron chi connectivity index (χ0n) is 46.0. The van der Waals surface area contributed by atoms with E-state index in [2.05, 4.69) is 86.8 Å². The molecule has 0 heterocycles. The fourth-order valence-electron chi connectivity index (χ4n) is 7.80. The number of likely N-dealkylation sites (N-methyl/N-ethyl adjacent to an activating group) is 1. The molecule has 10 heteroatoms. The lowest BCUT2D eigenvalue weighted by atomic mass is 10.0. The number of hydrogen-bond acceptors (Lipinski definition) is 7. The molecule has 0 amide bonds. The van der Waals surface area contributed by atoms with E-state index in [9.17, 15) is 19.0 Å². The van der Waals surface area contributed by atoms with Gasteiger partial charge in [0.2, 0.25) is 0 Å². The largest absolute Gasteiger partial charge is 0.472 e. The number of esters is 2. The number of unbranched alkanes of at least 4 members (excludes halogenated alkanes) is 26. The molecule has 0 aliphatic rings. The molecular weight excluding hydrogens is 894 g/mol. The maximum Gasteiger partial charge on any atom is 0.472 e. The fraction of sp³-hybridized carbons (Fsp3) is 0.767. The number of allylic oxidation sites excluding steroid dienone is 12. The molecule has 2 unspecified atom stereocenters. The van der Waals surface area contributed by atoms with Gasteiger partial charge < -0.3 is 18.9 Å². The maximum atomic E-state index is 12.8. The van der Waals surface area contributed by atoms with Crippen molar-refractivity contribution in [3.05, 3.63) is 72.9 Å². The smallest absolute Gasteiger partial charge is 0.462 e. The molecule has 0 aliphatic carbocycles. The van der Waals surface area contributed by atoms with Gasteiger partial charge in [-0.2, -0.15) is 0 Å². The van der Waals surface area contributed by atoms with E-state index in [0.29, 0.717) is 17.4 Å². The van der Waals surface area contributed by atoms with Crippen LogP contribution in [-0.2, 0) is 32.7 Å². The van der Waals surface area contributed by atoms with Gasteiger partial charge in [-0.25, -0.2) is 4.57 Å². The molecule has 0 saturated heterocycles. The van der Waals surface area contributed by atoms with Crippen LogP contribution in [0, 0.1) is 0 Å². The first-order chi connectivity index (χ1) is 34.0. The normalized spacial score (nSPS) is 13.9. The number of phosphoric acid groups is 1. The second-order valence-corrected chi connectivity index (χ2v) is 21.7. The SMILES string of the molecule is CC/C=C\C/C=C\C/C=C\C/C=C\CCCCCCCCCCCCCCC(=O)OC(COC(=O)CCCCCCCCCCC/C=C\C/C=C\CCCCCCC)COP(=O)(O)OCC[N+](C)(C)C. The third kappa shape index (κ3) is 54.8. The van der Waals surface area contributed by atoms with E-state index >= 15 is 0 Å². The first kappa shape index (κ1) is 67.5. The average Bonchev–Trinajstić information content (AvgIpc) is 3.32. The molecule has 0 bridgehead atoms. The molecule has 0 aliphatic heterocycles. The molecule has 406 valence electrons. The number of phosphoric ester groups is 1. The summed E-state index contributed by atoms with van der Waals surface area (Å²) in [6.07, 6.45) is 66.7. The summed E-state index contributed by atoms with van der Waals surface area (Å²) in [5, 5.41) is 0. The summed E-state index contributed by atoms with van der Waals surface area (Å²) < 4.78 is 34.6. The molecule has 0 aromatic rings. The van der Waals surface area contributed by atoms with Gasteiger partial charge in [0.15, 0.2) is 6.10 Å².